The summed E-state index contributed by atoms with van der Waals surface area (Å²) in [6, 6.07) is 8.19. The maximum absolute atomic E-state index is 6.29. The molecule has 22 heavy (non-hydrogen) atoms. The predicted molar refractivity (Wildman–Crippen MR) is 93.3 cm³/mol. The normalized spacial score (nSPS) is 36.2. The van der Waals surface area contributed by atoms with Crippen molar-refractivity contribution in [3.63, 3.8) is 0 Å². The summed E-state index contributed by atoms with van der Waals surface area (Å²) in [7, 11) is 0. The summed E-state index contributed by atoms with van der Waals surface area (Å²) in [4.78, 5) is 4.67. The molecule has 0 amide bonds. The van der Waals surface area contributed by atoms with Crippen LogP contribution in [0.1, 0.15) is 38.5 Å². The van der Waals surface area contributed by atoms with E-state index in [2.05, 4.69) is 39.0 Å². The molecule has 0 atom stereocenters. The molecule has 5 rings (SSSR count). The van der Waals surface area contributed by atoms with Crippen molar-refractivity contribution in [2.45, 2.75) is 44.1 Å². The second-order valence-electron chi connectivity index (χ2n) is 7.41. The van der Waals surface area contributed by atoms with E-state index in [1.807, 2.05) is 18.2 Å². The van der Waals surface area contributed by atoms with Crippen molar-refractivity contribution in [1.82, 2.24) is 0 Å². The second kappa shape index (κ2) is 6.29. The number of guanidine groups is 1. The smallest absolute Gasteiger partial charge is 0.297 e. The minimum atomic E-state index is 0. The number of aliphatic imine (C=N–C) groups is 1. The van der Waals surface area contributed by atoms with Crippen LogP contribution >= 0.6 is 22.6 Å². The zero-order chi connectivity index (χ0) is 14.4. The molecular weight excluding hydrogens is 409 g/mol. The van der Waals surface area contributed by atoms with Crippen molar-refractivity contribution in [2.24, 2.45) is 28.5 Å². The molecule has 1 aromatic carbocycles. The highest BCUT2D eigenvalue weighted by Crippen LogP contribution is 2.54. The Morgan fingerprint density at radius 2 is 1.64 bits per heavy atom. The molecule has 0 spiro atoms. The lowest BCUT2D eigenvalue weighted by molar-refractivity contribution is -0.644. The molecule has 0 saturated heterocycles. The van der Waals surface area contributed by atoms with Crippen molar-refractivity contribution in [2.75, 3.05) is 0 Å². The SMILES string of the molecule is NC(=Nc1ccccc1I)[NH2+]C12CC3CC(CC(C3)C1)C2.[Cl-]. The monoisotopic (exact) mass is 431 g/mol. The van der Waals surface area contributed by atoms with Crippen molar-refractivity contribution in [1.29, 1.82) is 0 Å². The molecule has 4 aliphatic carbocycles. The van der Waals surface area contributed by atoms with Crippen LogP contribution in [0, 0.1) is 21.3 Å². The Morgan fingerprint density at radius 3 is 2.18 bits per heavy atom. The van der Waals surface area contributed by atoms with Gasteiger partial charge in [0.05, 0.1) is 5.69 Å². The summed E-state index contributed by atoms with van der Waals surface area (Å²) in [5.74, 6) is 3.59. The van der Waals surface area contributed by atoms with E-state index in [0.29, 0.717) is 5.54 Å². The van der Waals surface area contributed by atoms with Crippen LogP contribution in [-0.2, 0) is 0 Å². The fraction of sp³-hybridized carbons (Fsp3) is 0.588. The van der Waals surface area contributed by atoms with Gasteiger partial charge in [0.2, 0.25) is 0 Å². The first kappa shape index (κ1) is 16.5. The highest BCUT2D eigenvalue weighted by molar-refractivity contribution is 14.1. The van der Waals surface area contributed by atoms with E-state index in [-0.39, 0.29) is 12.4 Å². The van der Waals surface area contributed by atoms with E-state index in [4.69, 9.17) is 5.73 Å². The number of benzene rings is 1. The molecule has 4 aliphatic rings. The molecule has 3 nitrogen and oxygen atoms in total. The van der Waals surface area contributed by atoms with Gasteiger partial charge in [-0.15, -0.1) is 0 Å². The quantitative estimate of drug-likeness (QED) is 0.379. The average Bonchev–Trinajstić information content (AvgIpc) is 2.39. The van der Waals surface area contributed by atoms with Crippen LogP contribution in [0.5, 0.6) is 0 Å². The number of hydrogen-bond acceptors (Lipinski definition) is 1. The van der Waals surface area contributed by atoms with Crippen LogP contribution in [0.3, 0.4) is 0 Å². The molecule has 120 valence electrons. The topological polar surface area (TPSA) is 55.0 Å². The summed E-state index contributed by atoms with van der Waals surface area (Å²) in [6.45, 7) is 0. The van der Waals surface area contributed by atoms with Gasteiger partial charge in [0.15, 0.2) is 0 Å². The molecule has 0 heterocycles. The van der Waals surface area contributed by atoms with Crippen LogP contribution < -0.4 is 23.5 Å². The zero-order valence-electron chi connectivity index (χ0n) is 12.6. The molecule has 0 aliphatic heterocycles. The Bertz CT molecular complexity index is 552. The average molecular weight is 432 g/mol. The van der Waals surface area contributed by atoms with Crippen LogP contribution in [0.4, 0.5) is 5.69 Å². The molecule has 1 aromatic rings. The Morgan fingerprint density at radius 1 is 1.09 bits per heavy atom. The van der Waals surface area contributed by atoms with Crippen molar-refractivity contribution < 1.29 is 17.7 Å². The fourth-order valence-corrected chi connectivity index (χ4v) is 5.89. The van der Waals surface area contributed by atoms with Crippen LogP contribution in [0.2, 0.25) is 0 Å². The molecule has 4 N–H and O–H groups in total. The van der Waals surface area contributed by atoms with Crippen LogP contribution in [-0.4, -0.2) is 11.5 Å². The summed E-state index contributed by atoms with van der Waals surface area (Å²) in [6.07, 6.45) is 8.46. The first-order valence-corrected chi connectivity index (χ1v) is 9.14. The van der Waals surface area contributed by atoms with E-state index < -0.39 is 0 Å². The van der Waals surface area contributed by atoms with Gasteiger partial charge in [0.25, 0.3) is 5.96 Å². The van der Waals surface area contributed by atoms with Gasteiger partial charge in [0.1, 0.15) is 5.54 Å². The fourth-order valence-electron chi connectivity index (χ4n) is 5.38. The van der Waals surface area contributed by atoms with E-state index in [1.54, 1.807) is 0 Å². The van der Waals surface area contributed by atoms with Gasteiger partial charge < -0.3 is 18.1 Å². The molecule has 4 saturated carbocycles. The van der Waals surface area contributed by atoms with Gasteiger partial charge in [-0.2, -0.15) is 4.99 Å². The summed E-state index contributed by atoms with van der Waals surface area (Å²) >= 11 is 2.33. The molecule has 4 fully saturated rings. The van der Waals surface area contributed by atoms with Crippen LogP contribution in [0.15, 0.2) is 29.3 Å². The summed E-state index contributed by atoms with van der Waals surface area (Å²) in [5, 5.41) is 2.32. The third kappa shape index (κ3) is 3.15. The van der Waals surface area contributed by atoms with Gasteiger partial charge in [0, 0.05) is 22.8 Å². The van der Waals surface area contributed by atoms with Crippen molar-refractivity contribution in [3.8, 4) is 0 Å². The number of quaternary nitrogens is 1. The molecule has 5 heteroatoms. The Balaban J connectivity index is 0.00000144. The maximum atomic E-state index is 6.29. The molecule has 0 aromatic heterocycles. The lowest BCUT2D eigenvalue weighted by Crippen LogP contribution is -3.03. The summed E-state index contributed by atoms with van der Waals surface area (Å²) in [5.41, 5.74) is 7.65. The maximum Gasteiger partial charge on any atom is 0.297 e. The lowest BCUT2D eigenvalue weighted by Gasteiger charge is -2.54. The summed E-state index contributed by atoms with van der Waals surface area (Å²) < 4.78 is 1.16. The van der Waals surface area contributed by atoms with E-state index in [1.165, 1.54) is 38.5 Å². The van der Waals surface area contributed by atoms with Gasteiger partial charge in [-0.1, -0.05) is 12.1 Å². The first-order valence-electron chi connectivity index (χ1n) is 8.06. The third-order valence-electron chi connectivity index (χ3n) is 5.64. The Hall–Kier alpha value is -0.330. The molecular formula is C17H23ClIN3. The molecule has 0 unspecified atom stereocenters. The molecule has 4 bridgehead atoms. The zero-order valence-corrected chi connectivity index (χ0v) is 15.6. The minimum absolute atomic E-state index is 0. The largest absolute Gasteiger partial charge is 1.00 e. The van der Waals surface area contributed by atoms with Crippen molar-refractivity contribution in [3.05, 3.63) is 27.8 Å². The number of para-hydroxylation sites is 1. The predicted octanol–water partition coefficient (Wildman–Crippen LogP) is -0.226. The number of rotatable bonds is 2. The van der Waals surface area contributed by atoms with Crippen LogP contribution in [0.25, 0.3) is 0 Å². The highest BCUT2D eigenvalue weighted by atomic mass is 127. The number of nitrogens with two attached hydrogens (primary N) is 2. The van der Waals surface area contributed by atoms with Gasteiger partial charge in [-0.3, -0.25) is 5.32 Å². The van der Waals surface area contributed by atoms with E-state index in [0.717, 1.165) is 33.0 Å². The minimum Gasteiger partial charge on any atom is -1.00 e. The van der Waals surface area contributed by atoms with Gasteiger partial charge in [-0.05, 0) is 71.7 Å². The van der Waals surface area contributed by atoms with Gasteiger partial charge in [-0.25, -0.2) is 0 Å². The standard InChI is InChI=1S/C17H22IN3.ClH/c18-14-3-1-2-4-15(14)20-16(19)21-17-8-11-5-12(9-17)7-13(6-11)10-17;/h1-4,11-13H,5-10H2,(H3,19,20,21);1H. The van der Waals surface area contributed by atoms with Crippen molar-refractivity contribution >= 4 is 34.2 Å². The second-order valence-corrected chi connectivity index (χ2v) is 8.57. The highest BCUT2D eigenvalue weighted by Gasteiger charge is 2.53. The van der Waals surface area contributed by atoms with Gasteiger partial charge >= 0.3 is 0 Å². The number of nitrogens with zero attached hydrogens (tertiary/aromatic N) is 1. The number of halogens is 2. The molecule has 0 radical (unpaired) electrons. The third-order valence-corrected chi connectivity index (χ3v) is 6.55. The van der Waals surface area contributed by atoms with E-state index >= 15 is 0 Å². The number of hydrogen-bond donors (Lipinski definition) is 2. The first-order chi connectivity index (χ1) is 10.1. The Labute approximate surface area is 152 Å². The van der Waals surface area contributed by atoms with E-state index in [9.17, 15) is 0 Å². The lowest BCUT2D eigenvalue weighted by atomic mass is 9.53. The Kier molecular flexibility index (Phi) is 4.72.